The molecule has 0 saturated heterocycles. The summed E-state index contributed by atoms with van der Waals surface area (Å²) in [6, 6.07) is 14.2. The van der Waals surface area contributed by atoms with E-state index < -0.39 is 0 Å². The van der Waals surface area contributed by atoms with E-state index in [9.17, 15) is 4.79 Å². The molecule has 0 saturated carbocycles. The van der Waals surface area contributed by atoms with Gasteiger partial charge in [-0.2, -0.15) is 11.8 Å². The van der Waals surface area contributed by atoms with Crippen molar-refractivity contribution < 1.29 is 4.79 Å². The van der Waals surface area contributed by atoms with Gasteiger partial charge in [0.25, 0.3) is 0 Å². The molecule has 0 radical (unpaired) electrons. The Kier molecular flexibility index (Phi) is 6.74. The Morgan fingerprint density at radius 3 is 2.73 bits per heavy atom. The minimum Gasteiger partial charge on any atom is -0.290 e. The molecule has 2 heterocycles. The zero-order chi connectivity index (χ0) is 18.2. The highest BCUT2D eigenvalue weighted by atomic mass is 32.2. The minimum absolute atomic E-state index is 0.0612. The van der Waals surface area contributed by atoms with Crippen molar-refractivity contribution in [2.45, 2.75) is 12.8 Å². The average Bonchev–Trinajstić information content (AvgIpc) is 3.18. The molecule has 0 atom stereocenters. The maximum absolute atomic E-state index is 12.4. The van der Waals surface area contributed by atoms with E-state index >= 15 is 0 Å². The van der Waals surface area contributed by atoms with Gasteiger partial charge in [-0.3, -0.25) is 14.7 Å². The number of nitrogens with zero attached hydrogens (tertiary/aromatic N) is 4. The largest absolute Gasteiger partial charge is 0.290 e. The normalized spacial score (nSPS) is 10.7. The van der Waals surface area contributed by atoms with E-state index in [4.69, 9.17) is 0 Å². The summed E-state index contributed by atoms with van der Waals surface area (Å²) in [6.07, 6.45) is 4.99. The fourth-order valence-corrected chi connectivity index (χ4v) is 4.04. The molecule has 0 aliphatic heterocycles. The summed E-state index contributed by atoms with van der Waals surface area (Å²) in [5, 5.41) is 9.68. The van der Waals surface area contributed by atoms with Crippen LogP contribution in [0.4, 0.5) is 5.13 Å². The average molecular weight is 385 g/mol. The lowest BCUT2D eigenvalue weighted by atomic mass is 10.2. The number of pyridine rings is 1. The molecular weight excluding hydrogens is 364 g/mol. The number of carbonyl (C=O) groups excluding carboxylic acids is 1. The summed E-state index contributed by atoms with van der Waals surface area (Å²) in [5.41, 5.74) is 2.24. The molecule has 0 fully saturated rings. The zero-order valence-corrected chi connectivity index (χ0v) is 16.2. The minimum atomic E-state index is 0.0612. The Morgan fingerprint density at radius 2 is 1.96 bits per heavy atom. The Hall–Kier alpha value is -2.25. The van der Waals surface area contributed by atoms with Gasteiger partial charge < -0.3 is 0 Å². The maximum atomic E-state index is 12.4. The van der Waals surface area contributed by atoms with Crippen molar-refractivity contribution in [1.82, 2.24) is 15.2 Å². The number of amides is 1. The molecule has 3 aromatic rings. The highest BCUT2D eigenvalue weighted by Crippen LogP contribution is 2.27. The van der Waals surface area contributed by atoms with Crippen LogP contribution >= 0.6 is 23.1 Å². The maximum Gasteiger partial charge on any atom is 0.229 e. The number of aryl methyl sites for hydroxylation is 1. The van der Waals surface area contributed by atoms with E-state index in [2.05, 4.69) is 39.4 Å². The van der Waals surface area contributed by atoms with Gasteiger partial charge >= 0.3 is 0 Å². The van der Waals surface area contributed by atoms with Gasteiger partial charge in [0.1, 0.15) is 0 Å². The van der Waals surface area contributed by atoms with Crippen molar-refractivity contribution >= 4 is 34.1 Å². The highest BCUT2D eigenvalue weighted by molar-refractivity contribution is 7.99. The number of benzene rings is 1. The molecule has 0 unspecified atom stereocenters. The van der Waals surface area contributed by atoms with E-state index in [0.717, 1.165) is 28.5 Å². The summed E-state index contributed by atoms with van der Waals surface area (Å²) in [7, 11) is 1.75. The quantitative estimate of drug-likeness (QED) is 0.551. The van der Waals surface area contributed by atoms with E-state index in [-0.39, 0.29) is 5.91 Å². The van der Waals surface area contributed by atoms with Gasteiger partial charge in [0, 0.05) is 37.2 Å². The van der Waals surface area contributed by atoms with E-state index in [1.165, 1.54) is 16.9 Å². The smallest absolute Gasteiger partial charge is 0.229 e. The predicted molar refractivity (Wildman–Crippen MR) is 109 cm³/mol. The molecule has 3 rings (SSSR count). The molecule has 26 heavy (non-hydrogen) atoms. The first-order chi connectivity index (χ1) is 12.7. The number of hydrogen-bond acceptors (Lipinski definition) is 6. The van der Waals surface area contributed by atoms with Crippen LogP contribution in [0, 0.1) is 0 Å². The van der Waals surface area contributed by atoms with Crippen molar-refractivity contribution in [3.05, 3.63) is 60.4 Å². The molecule has 1 amide bonds. The fraction of sp³-hybridized carbons (Fsp3) is 0.263. The summed E-state index contributed by atoms with van der Waals surface area (Å²) < 4.78 is 0. The molecular formula is C19H20N4OS2. The first kappa shape index (κ1) is 18.5. The second kappa shape index (κ2) is 9.45. The molecule has 1 aromatic carbocycles. The van der Waals surface area contributed by atoms with Crippen LogP contribution in [0.25, 0.3) is 10.6 Å². The topological polar surface area (TPSA) is 59.0 Å². The Bertz CT molecular complexity index is 824. The first-order valence-electron chi connectivity index (χ1n) is 8.36. The fourth-order valence-electron chi connectivity index (χ4n) is 2.33. The summed E-state index contributed by atoms with van der Waals surface area (Å²) in [4.78, 5) is 18.0. The van der Waals surface area contributed by atoms with Gasteiger partial charge in [0.15, 0.2) is 5.01 Å². The van der Waals surface area contributed by atoms with Gasteiger partial charge in [0.05, 0.1) is 0 Å². The van der Waals surface area contributed by atoms with Gasteiger partial charge in [-0.05, 0) is 29.9 Å². The van der Waals surface area contributed by atoms with Crippen molar-refractivity contribution in [2.75, 3.05) is 23.5 Å². The molecule has 2 aromatic heterocycles. The second-order valence-electron chi connectivity index (χ2n) is 5.68. The summed E-state index contributed by atoms with van der Waals surface area (Å²) in [5.74, 6) is 1.89. The second-order valence-corrected chi connectivity index (χ2v) is 7.86. The molecule has 5 nitrogen and oxygen atoms in total. The van der Waals surface area contributed by atoms with E-state index in [1.807, 2.05) is 18.2 Å². The Balaban J connectivity index is 1.44. The number of anilines is 1. The molecule has 0 N–H and O–H groups in total. The van der Waals surface area contributed by atoms with Crippen molar-refractivity contribution in [1.29, 1.82) is 0 Å². The van der Waals surface area contributed by atoms with Crippen LogP contribution in [0.1, 0.15) is 12.0 Å². The van der Waals surface area contributed by atoms with Crippen LogP contribution in [-0.2, 0) is 11.2 Å². The first-order valence-corrected chi connectivity index (χ1v) is 10.3. The van der Waals surface area contributed by atoms with Gasteiger partial charge in [-0.15, -0.1) is 10.2 Å². The van der Waals surface area contributed by atoms with E-state index in [1.54, 1.807) is 36.1 Å². The van der Waals surface area contributed by atoms with Gasteiger partial charge in [-0.25, -0.2) is 0 Å². The molecule has 0 bridgehead atoms. The highest BCUT2D eigenvalue weighted by Gasteiger charge is 2.16. The van der Waals surface area contributed by atoms with Crippen LogP contribution < -0.4 is 4.90 Å². The van der Waals surface area contributed by atoms with Crippen molar-refractivity contribution in [2.24, 2.45) is 0 Å². The monoisotopic (exact) mass is 384 g/mol. The van der Waals surface area contributed by atoms with Crippen molar-refractivity contribution in [3.63, 3.8) is 0 Å². The lowest BCUT2D eigenvalue weighted by Crippen LogP contribution is -2.26. The zero-order valence-electron chi connectivity index (χ0n) is 14.5. The molecule has 0 aliphatic carbocycles. The number of hydrogen-bond donors (Lipinski definition) is 0. The lowest BCUT2D eigenvalue weighted by Gasteiger charge is -2.12. The van der Waals surface area contributed by atoms with Gasteiger partial charge in [-0.1, -0.05) is 41.7 Å². The number of rotatable bonds is 8. The van der Waals surface area contributed by atoms with Crippen LogP contribution in [0.15, 0.2) is 54.9 Å². The summed E-state index contributed by atoms with van der Waals surface area (Å²) in [6.45, 7) is 0. The van der Waals surface area contributed by atoms with Crippen molar-refractivity contribution in [3.8, 4) is 10.6 Å². The van der Waals surface area contributed by atoms with Crippen LogP contribution in [0.3, 0.4) is 0 Å². The standard InChI is InChI=1S/C19H20N4OS2/c1-23(19-22-21-18(26-19)16-8-5-11-20-14-16)17(24)10-13-25-12-9-15-6-3-2-4-7-15/h2-8,11,14H,9-10,12-13H2,1H3. The van der Waals surface area contributed by atoms with E-state index in [0.29, 0.717) is 11.6 Å². The van der Waals surface area contributed by atoms with Gasteiger partial charge in [0.2, 0.25) is 11.0 Å². The predicted octanol–water partition coefficient (Wildman–Crippen LogP) is 3.93. The number of carbonyl (C=O) groups is 1. The SMILES string of the molecule is CN(C(=O)CCSCCc1ccccc1)c1nnc(-c2cccnc2)s1. The molecule has 0 spiro atoms. The Labute approximate surface area is 161 Å². The lowest BCUT2D eigenvalue weighted by molar-refractivity contribution is -0.117. The molecule has 134 valence electrons. The number of aromatic nitrogens is 3. The molecule has 0 aliphatic rings. The number of thioether (sulfide) groups is 1. The van der Waals surface area contributed by atoms with Crippen LogP contribution in [0.2, 0.25) is 0 Å². The third-order valence-corrected chi connectivity index (χ3v) is 5.86. The third-order valence-electron chi connectivity index (χ3n) is 3.82. The summed E-state index contributed by atoms with van der Waals surface area (Å²) >= 11 is 3.20. The molecule has 7 heteroatoms. The Morgan fingerprint density at radius 1 is 1.12 bits per heavy atom. The third kappa shape index (κ3) is 5.12. The van der Waals surface area contributed by atoms with Crippen LogP contribution in [0.5, 0.6) is 0 Å². The van der Waals surface area contributed by atoms with Crippen LogP contribution in [-0.4, -0.2) is 39.6 Å².